The molecule has 5 heteroatoms. The first kappa shape index (κ1) is 26.2. The van der Waals surface area contributed by atoms with Crippen molar-refractivity contribution in [2.75, 3.05) is 44.2 Å². The molecule has 4 nitrogen and oxygen atoms in total. The second-order valence-electron chi connectivity index (χ2n) is 9.51. The van der Waals surface area contributed by atoms with Crippen LogP contribution < -0.4 is 4.90 Å². The molecule has 0 aromatic heterocycles. The molecule has 1 aliphatic heterocycles. The van der Waals surface area contributed by atoms with E-state index in [0.29, 0.717) is 6.61 Å². The van der Waals surface area contributed by atoms with Gasteiger partial charge in [0, 0.05) is 36.9 Å². The molecule has 4 rings (SSSR count). The summed E-state index contributed by atoms with van der Waals surface area (Å²) in [6.07, 6.45) is 2.52. The number of halogens is 1. The van der Waals surface area contributed by atoms with E-state index in [-0.39, 0.29) is 5.97 Å². The van der Waals surface area contributed by atoms with Gasteiger partial charge >= 0.3 is 5.97 Å². The molecule has 1 heterocycles. The van der Waals surface area contributed by atoms with Gasteiger partial charge in [0.05, 0.1) is 12.0 Å². The highest BCUT2D eigenvalue weighted by Gasteiger charge is 2.39. The molecule has 3 aromatic rings. The largest absolute Gasteiger partial charge is 0.465 e. The highest BCUT2D eigenvalue weighted by atomic mass is 35.5. The number of ether oxygens (including phenoxy) is 1. The summed E-state index contributed by atoms with van der Waals surface area (Å²) in [4.78, 5) is 18.0. The summed E-state index contributed by atoms with van der Waals surface area (Å²) in [6.45, 7) is 9.46. The predicted octanol–water partition coefficient (Wildman–Crippen LogP) is 6.82. The summed E-state index contributed by atoms with van der Waals surface area (Å²) in [5, 5.41) is 0.759. The van der Waals surface area contributed by atoms with E-state index >= 15 is 0 Å². The summed E-state index contributed by atoms with van der Waals surface area (Å²) in [6, 6.07) is 26.9. The first-order chi connectivity index (χ1) is 17.6. The zero-order valence-corrected chi connectivity index (χ0v) is 22.2. The number of carbonyl (C=O) groups is 1. The zero-order chi connectivity index (χ0) is 25.4. The van der Waals surface area contributed by atoms with E-state index in [1.54, 1.807) is 0 Å². The van der Waals surface area contributed by atoms with E-state index in [9.17, 15) is 4.79 Å². The Morgan fingerprint density at radius 1 is 0.889 bits per heavy atom. The lowest BCUT2D eigenvalue weighted by atomic mass is 9.74. The minimum atomic E-state index is -0.566. The van der Waals surface area contributed by atoms with Crippen LogP contribution in [0.4, 0.5) is 5.69 Å². The predicted molar refractivity (Wildman–Crippen MR) is 150 cm³/mol. The molecular weight excluding hydrogens is 468 g/mol. The number of piperazine rings is 1. The van der Waals surface area contributed by atoms with Crippen LogP contribution in [0.3, 0.4) is 0 Å². The van der Waals surface area contributed by atoms with E-state index in [1.807, 2.05) is 43.3 Å². The molecule has 36 heavy (non-hydrogen) atoms. The SMILES string of the molecule is CCOC(=O)C(CC)(CCCN1CCN(c2ccc(-c3cccc(Cl)c3)cc2)CC1)c1ccccc1. The quantitative estimate of drug-likeness (QED) is 0.283. The molecule has 0 aliphatic carbocycles. The second kappa shape index (κ2) is 12.4. The van der Waals surface area contributed by atoms with Crippen LogP contribution in [0.2, 0.25) is 5.02 Å². The van der Waals surface area contributed by atoms with Crippen LogP contribution in [0, 0.1) is 0 Å². The molecule has 0 bridgehead atoms. The molecule has 0 spiro atoms. The van der Waals surface area contributed by atoms with E-state index in [1.165, 1.54) is 11.3 Å². The van der Waals surface area contributed by atoms with Crippen LogP contribution in [0.1, 0.15) is 38.7 Å². The van der Waals surface area contributed by atoms with Gasteiger partial charge in [-0.3, -0.25) is 9.69 Å². The van der Waals surface area contributed by atoms with E-state index in [4.69, 9.17) is 16.3 Å². The average Bonchev–Trinajstić information content (AvgIpc) is 2.92. The molecule has 0 N–H and O–H groups in total. The lowest BCUT2D eigenvalue weighted by Gasteiger charge is -2.37. The molecule has 1 unspecified atom stereocenters. The number of anilines is 1. The van der Waals surface area contributed by atoms with Gasteiger partial charge in [-0.25, -0.2) is 0 Å². The lowest BCUT2D eigenvalue weighted by Crippen LogP contribution is -2.47. The molecule has 1 atom stereocenters. The van der Waals surface area contributed by atoms with Crippen LogP contribution in [0.15, 0.2) is 78.9 Å². The fourth-order valence-electron chi connectivity index (χ4n) is 5.28. The summed E-state index contributed by atoms with van der Waals surface area (Å²) in [7, 11) is 0. The molecule has 0 amide bonds. The third-order valence-electron chi connectivity index (χ3n) is 7.44. The Morgan fingerprint density at radius 2 is 1.61 bits per heavy atom. The number of hydrogen-bond acceptors (Lipinski definition) is 4. The molecule has 1 fully saturated rings. The van der Waals surface area contributed by atoms with Crippen LogP contribution in [0.25, 0.3) is 11.1 Å². The number of hydrogen-bond donors (Lipinski definition) is 0. The Morgan fingerprint density at radius 3 is 2.25 bits per heavy atom. The van der Waals surface area contributed by atoms with Gasteiger partial charge in [-0.15, -0.1) is 0 Å². The summed E-state index contributed by atoms with van der Waals surface area (Å²) >= 11 is 6.16. The van der Waals surface area contributed by atoms with Gasteiger partial charge < -0.3 is 9.64 Å². The number of carbonyl (C=O) groups excluding carboxylic acids is 1. The van der Waals surface area contributed by atoms with Crippen molar-refractivity contribution in [3.8, 4) is 11.1 Å². The maximum absolute atomic E-state index is 13.1. The van der Waals surface area contributed by atoms with E-state index in [0.717, 1.165) is 68.1 Å². The highest BCUT2D eigenvalue weighted by molar-refractivity contribution is 6.30. The van der Waals surface area contributed by atoms with Crippen molar-refractivity contribution in [2.45, 2.75) is 38.5 Å². The van der Waals surface area contributed by atoms with Crippen LogP contribution >= 0.6 is 11.6 Å². The Hall–Kier alpha value is -2.82. The summed E-state index contributed by atoms with van der Waals surface area (Å²) in [5.74, 6) is -0.0928. The lowest BCUT2D eigenvalue weighted by molar-refractivity contribution is -0.150. The molecule has 1 saturated heterocycles. The average molecular weight is 505 g/mol. The van der Waals surface area contributed by atoms with Crippen molar-refractivity contribution in [1.29, 1.82) is 0 Å². The third-order valence-corrected chi connectivity index (χ3v) is 7.67. The van der Waals surface area contributed by atoms with Gasteiger partial charge in [-0.05, 0) is 73.7 Å². The topological polar surface area (TPSA) is 32.8 Å². The molecular formula is C31H37ClN2O2. The maximum atomic E-state index is 13.1. The number of benzene rings is 3. The Labute approximate surface area is 220 Å². The molecule has 3 aromatic carbocycles. The van der Waals surface area contributed by atoms with Crippen LogP contribution in [-0.4, -0.2) is 50.2 Å². The normalized spacial score (nSPS) is 15.9. The molecule has 0 radical (unpaired) electrons. The second-order valence-corrected chi connectivity index (χ2v) is 9.95. The molecule has 190 valence electrons. The van der Waals surface area contributed by atoms with Crippen molar-refractivity contribution >= 4 is 23.3 Å². The van der Waals surface area contributed by atoms with Gasteiger partial charge in [0.15, 0.2) is 0 Å². The highest BCUT2D eigenvalue weighted by Crippen LogP contribution is 2.35. The van der Waals surface area contributed by atoms with Crippen LogP contribution in [0.5, 0.6) is 0 Å². The van der Waals surface area contributed by atoms with Crippen molar-refractivity contribution in [1.82, 2.24) is 4.90 Å². The minimum Gasteiger partial charge on any atom is -0.465 e. The summed E-state index contributed by atoms with van der Waals surface area (Å²) in [5.41, 5.74) is 4.08. The molecule has 1 aliphatic rings. The van der Waals surface area contributed by atoms with E-state index < -0.39 is 5.41 Å². The Balaban J connectivity index is 1.31. The zero-order valence-electron chi connectivity index (χ0n) is 21.5. The minimum absolute atomic E-state index is 0.0928. The monoisotopic (exact) mass is 504 g/mol. The number of nitrogens with zero attached hydrogens (tertiary/aromatic N) is 2. The molecule has 0 saturated carbocycles. The van der Waals surface area contributed by atoms with Gasteiger partial charge in [0.2, 0.25) is 0 Å². The van der Waals surface area contributed by atoms with Gasteiger partial charge in [0.1, 0.15) is 0 Å². The number of esters is 1. The summed E-state index contributed by atoms with van der Waals surface area (Å²) < 4.78 is 5.53. The first-order valence-corrected chi connectivity index (χ1v) is 13.5. The fourth-order valence-corrected chi connectivity index (χ4v) is 5.47. The standard InChI is InChI=1S/C31H37ClN2O2/c1-3-31(30(35)36-4-2,27-11-6-5-7-12-27)18-9-19-33-20-22-34(23-21-33)29-16-14-25(15-17-29)26-10-8-13-28(32)24-26/h5-8,10-17,24H,3-4,9,18-23H2,1-2H3. The maximum Gasteiger partial charge on any atom is 0.316 e. The third kappa shape index (κ3) is 6.11. The van der Waals surface area contributed by atoms with Crippen molar-refractivity contribution in [3.05, 3.63) is 89.4 Å². The van der Waals surface area contributed by atoms with E-state index in [2.05, 4.69) is 59.2 Å². The van der Waals surface area contributed by atoms with Gasteiger partial charge in [0.25, 0.3) is 0 Å². The Bertz CT molecular complexity index is 1110. The fraction of sp³-hybridized carbons (Fsp3) is 0.387. The number of rotatable bonds is 10. The Kier molecular flexibility index (Phi) is 9.06. The smallest absolute Gasteiger partial charge is 0.316 e. The van der Waals surface area contributed by atoms with Crippen molar-refractivity contribution < 1.29 is 9.53 Å². The van der Waals surface area contributed by atoms with Gasteiger partial charge in [-0.1, -0.05) is 73.1 Å². The van der Waals surface area contributed by atoms with Crippen LogP contribution in [-0.2, 0) is 14.9 Å². The van der Waals surface area contributed by atoms with Crippen molar-refractivity contribution in [2.24, 2.45) is 0 Å². The van der Waals surface area contributed by atoms with Crippen molar-refractivity contribution in [3.63, 3.8) is 0 Å². The van der Waals surface area contributed by atoms with Gasteiger partial charge in [-0.2, -0.15) is 0 Å². The first-order valence-electron chi connectivity index (χ1n) is 13.1.